The van der Waals surface area contributed by atoms with Crippen LogP contribution >= 0.6 is 0 Å². The Morgan fingerprint density at radius 1 is 1.22 bits per heavy atom. The predicted octanol–water partition coefficient (Wildman–Crippen LogP) is 0.817. The molecule has 9 heteroatoms. The standard InChI is InChI=1S/C14H19FN2O5S/c1-2-17(10-8-14(19)20)13(18)7-9-16-23(21,22)12-5-3-11(15)4-6-12/h3-6,16H,2,7-10H2,1H3,(H,19,20). The van der Waals surface area contributed by atoms with Gasteiger partial charge in [0.15, 0.2) is 0 Å². The van der Waals surface area contributed by atoms with Crippen LogP contribution in [-0.2, 0) is 19.6 Å². The lowest BCUT2D eigenvalue weighted by Gasteiger charge is -2.20. The number of aliphatic carboxylic acids is 1. The van der Waals surface area contributed by atoms with E-state index in [1.807, 2.05) is 0 Å². The topological polar surface area (TPSA) is 104 Å². The van der Waals surface area contributed by atoms with Gasteiger partial charge in [-0.05, 0) is 31.2 Å². The van der Waals surface area contributed by atoms with Crippen LogP contribution in [0.5, 0.6) is 0 Å². The lowest BCUT2D eigenvalue weighted by molar-refractivity contribution is -0.138. The maximum Gasteiger partial charge on any atom is 0.305 e. The summed E-state index contributed by atoms with van der Waals surface area (Å²) in [6.07, 6.45) is -0.255. The SMILES string of the molecule is CCN(CCC(=O)O)C(=O)CCNS(=O)(=O)c1ccc(F)cc1. The van der Waals surface area contributed by atoms with Crippen LogP contribution < -0.4 is 4.72 Å². The molecule has 0 radical (unpaired) electrons. The van der Waals surface area contributed by atoms with Crippen LogP contribution in [0.4, 0.5) is 4.39 Å². The molecule has 0 saturated carbocycles. The van der Waals surface area contributed by atoms with E-state index in [0.29, 0.717) is 6.54 Å². The minimum atomic E-state index is -3.81. The van der Waals surface area contributed by atoms with Gasteiger partial charge < -0.3 is 10.0 Å². The Morgan fingerprint density at radius 3 is 2.35 bits per heavy atom. The summed E-state index contributed by atoms with van der Waals surface area (Å²) in [5, 5.41) is 8.61. The maximum absolute atomic E-state index is 12.8. The molecule has 1 aromatic rings. The van der Waals surface area contributed by atoms with Crippen molar-refractivity contribution in [2.75, 3.05) is 19.6 Å². The Morgan fingerprint density at radius 2 is 1.83 bits per heavy atom. The fourth-order valence-electron chi connectivity index (χ4n) is 1.84. The molecule has 1 aromatic carbocycles. The molecular formula is C14H19FN2O5S. The van der Waals surface area contributed by atoms with E-state index in [0.717, 1.165) is 24.3 Å². The third kappa shape index (κ3) is 6.33. The molecule has 0 aromatic heterocycles. The Labute approximate surface area is 134 Å². The van der Waals surface area contributed by atoms with Crippen molar-refractivity contribution in [2.45, 2.75) is 24.7 Å². The van der Waals surface area contributed by atoms with Gasteiger partial charge in [0.1, 0.15) is 5.82 Å². The van der Waals surface area contributed by atoms with Crippen molar-refractivity contribution in [1.82, 2.24) is 9.62 Å². The van der Waals surface area contributed by atoms with Crippen molar-refractivity contribution >= 4 is 21.9 Å². The molecule has 1 amide bonds. The van der Waals surface area contributed by atoms with Crippen molar-refractivity contribution in [3.05, 3.63) is 30.1 Å². The summed E-state index contributed by atoms with van der Waals surface area (Å²) in [5.41, 5.74) is 0. The number of rotatable bonds is 9. The Bertz CT molecular complexity index is 646. The second-order valence-corrected chi connectivity index (χ2v) is 6.49. The van der Waals surface area contributed by atoms with E-state index < -0.39 is 21.8 Å². The van der Waals surface area contributed by atoms with Gasteiger partial charge in [0.2, 0.25) is 15.9 Å². The average molecular weight is 346 g/mol. The van der Waals surface area contributed by atoms with Gasteiger partial charge in [-0.1, -0.05) is 0 Å². The quantitative estimate of drug-likeness (QED) is 0.689. The van der Waals surface area contributed by atoms with Gasteiger partial charge in [-0.15, -0.1) is 0 Å². The number of nitrogens with one attached hydrogen (secondary N) is 1. The zero-order chi connectivity index (χ0) is 17.5. The average Bonchev–Trinajstić information content (AvgIpc) is 2.47. The summed E-state index contributed by atoms with van der Waals surface area (Å²) in [6.45, 7) is 2.01. The predicted molar refractivity (Wildman–Crippen MR) is 80.7 cm³/mol. The first-order valence-corrected chi connectivity index (χ1v) is 8.49. The van der Waals surface area contributed by atoms with Gasteiger partial charge in [-0.3, -0.25) is 9.59 Å². The molecule has 0 aliphatic heterocycles. The molecule has 0 aliphatic carbocycles. The molecule has 128 valence electrons. The van der Waals surface area contributed by atoms with Crippen LogP contribution in [0.3, 0.4) is 0 Å². The van der Waals surface area contributed by atoms with Crippen molar-refractivity contribution in [3.63, 3.8) is 0 Å². The summed E-state index contributed by atoms with van der Waals surface area (Å²) >= 11 is 0. The van der Waals surface area contributed by atoms with Gasteiger partial charge in [-0.2, -0.15) is 0 Å². The number of carbonyl (C=O) groups is 2. The van der Waals surface area contributed by atoms with Gasteiger partial charge in [0, 0.05) is 26.1 Å². The van der Waals surface area contributed by atoms with E-state index in [2.05, 4.69) is 4.72 Å². The highest BCUT2D eigenvalue weighted by molar-refractivity contribution is 7.89. The number of sulfonamides is 1. The first-order chi connectivity index (χ1) is 10.8. The van der Waals surface area contributed by atoms with E-state index in [-0.39, 0.29) is 36.7 Å². The first kappa shape index (κ1) is 19.0. The van der Waals surface area contributed by atoms with Gasteiger partial charge >= 0.3 is 5.97 Å². The molecule has 0 spiro atoms. The van der Waals surface area contributed by atoms with Gasteiger partial charge in [-0.25, -0.2) is 17.5 Å². The Balaban J connectivity index is 2.52. The summed E-state index contributed by atoms with van der Waals surface area (Å²) in [6, 6.07) is 4.32. The largest absolute Gasteiger partial charge is 0.481 e. The monoisotopic (exact) mass is 346 g/mol. The lowest BCUT2D eigenvalue weighted by Crippen LogP contribution is -2.35. The van der Waals surface area contributed by atoms with Crippen LogP contribution in [0, 0.1) is 5.82 Å². The molecule has 0 atom stereocenters. The van der Waals surface area contributed by atoms with E-state index in [1.165, 1.54) is 4.90 Å². The van der Waals surface area contributed by atoms with Crippen LogP contribution in [0.2, 0.25) is 0 Å². The first-order valence-electron chi connectivity index (χ1n) is 7.01. The molecular weight excluding hydrogens is 327 g/mol. The third-order valence-corrected chi connectivity index (χ3v) is 4.56. The normalized spacial score (nSPS) is 11.2. The molecule has 7 nitrogen and oxygen atoms in total. The molecule has 1 rings (SSSR count). The number of amides is 1. The number of halogens is 1. The maximum atomic E-state index is 12.8. The van der Waals surface area contributed by atoms with Crippen molar-refractivity contribution in [2.24, 2.45) is 0 Å². The molecule has 0 bridgehead atoms. The molecule has 2 N–H and O–H groups in total. The summed E-state index contributed by atoms with van der Waals surface area (Å²) in [7, 11) is -3.81. The van der Waals surface area contributed by atoms with E-state index in [4.69, 9.17) is 5.11 Å². The second kappa shape index (κ2) is 8.59. The van der Waals surface area contributed by atoms with Crippen LogP contribution in [0.25, 0.3) is 0 Å². The minimum Gasteiger partial charge on any atom is -0.481 e. The minimum absolute atomic E-state index is 0.0787. The summed E-state index contributed by atoms with van der Waals surface area (Å²) < 4.78 is 38.9. The summed E-state index contributed by atoms with van der Waals surface area (Å²) in [5.74, 6) is -1.89. The van der Waals surface area contributed by atoms with Crippen LogP contribution in [0.1, 0.15) is 19.8 Å². The number of hydrogen-bond acceptors (Lipinski definition) is 4. The molecule has 0 saturated heterocycles. The lowest BCUT2D eigenvalue weighted by atomic mass is 10.3. The fourth-order valence-corrected chi connectivity index (χ4v) is 2.87. The Kier molecular flexibility index (Phi) is 7.11. The molecule has 0 fully saturated rings. The summed E-state index contributed by atoms with van der Waals surface area (Å²) in [4.78, 5) is 23.7. The van der Waals surface area contributed by atoms with Gasteiger partial charge in [0.25, 0.3) is 0 Å². The van der Waals surface area contributed by atoms with Crippen LogP contribution in [-0.4, -0.2) is 49.9 Å². The van der Waals surface area contributed by atoms with E-state index in [1.54, 1.807) is 6.92 Å². The third-order valence-electron chi connectivity index (χ3n) is 3.08. The van der Waals surface area contributed by atoms with E-state index in [9.17, 15) is 22.4 Å². The highest BCUT2D eigenvalue weighted by atomic mass is 32.2. The zero-order valence-electron chi connectivity index (χ0n) is 12.7. The highest BCUT2D eigenvalue weighted by Gasteiger charge is 2.16. The number of carboxylic acid groups (broad SMARTS) is 1. The highest BCUT2D eigenvalue weighted by Crippen LogP contribution is 2.09. The van der Waals surface area contributed by atoms with Gasteiger partial charge in [0.05, 0.1) is 11.3 Å². The van der Waals surface area contributed by atoms with E-state index >= 15 is 0 Å². The number of carboxylic acids is 1. The van der Waals surface area contributed by atoms with Crippen molar-refractivity contribution in [1.29, 1.82) is 0 Å². The second-order valence-electron chi connectivity index (χ2n) is 4.72. The smallest absolute Gasteiger partial charge is 0.305 e. The number of hydrogen-bond donors (Lipinski definition) is 2. The molecule has 0 heterocycles. The number of carbonyl (C=O) groups excluding carboxylic acids is 1. The van der Waals surface area contributed by atoms with Crippen molar-refractivity contribution < 1.29 is 27.5 Å². The van der Waals surface area contributed by atoms with Crippen LogP contribution in [0.15, 0.2) is 29.2 Å². The molecule has 23 heavy (non-hydrogen) atoms. The zero-order valence-corrected chi connectivity index (χ0v) is 13.5. The Hall–Kier alpha value is -2.00. The number of benzene rings is 1. The molecule has 0 aliphatic rings. The van der Waals surface area contributed by atoms with Crippen molar-refractivity contribution in [3.8, 4) is 0 Å². The molecule has 0 unspecified atom stereocenters. The fraction of sp³-hybridized carbons (Fsp3) is 0.429. The number of nitrogens with zero attached hydrogens (tertiary/aromatic N) is 1.